The number of nitrogens with zero attached hydrogens (tertiary/aromatic N) is 1. The summed E-state index contributed by atoms with van der Waals surface area (Å²) in [5, 5.41) is 25.9. The highest BCUT2D eigenvalue weighted by Crippen LogP contribution is 2.40. The summed E-state index contributed by atoms with van der Waals surface area (Å²) >= 11 is 0. The number of methoxy groups -OCH3 is 3. The fourth-order valence-corrected chi connectivity index (χ4v) is 13.4. The van der Waals surface area contributed by atoms with Crippen molar-refractivity contribution >= 4 is 17.8 Å². The Morgan fingerprint density at radius 2 is 0.774 bits per heavy atom. The van der Waals surface area contributed by atoms with E-state index in [-0.39, 0.29) is 89.6 Å². The van der Waals surface area contributed by atoms with Gasteiger partial charge in [0.1, 0.15) is 84.7 Å². The van der Waals surface area contributed by atoms with Crippen molar-refractivity contribution < 1.29 is 100 Å². The average Bonchev–Trinajstić information content (AvgIpc) is 1.51. The third-order valence-corrected chi connectivity index (χ3v) is 19.1. The van der Waals surface area contributed by atoms with Crippen LogP contribution in [0.1, 0.15) is 85.3 Å². The van der Waals surface area contributed by atoms with Crippen molar-refractivity contribution in [2.24, 2.45) is 0 Å². The lowest BCUT2D eigenvalue weighted by Gasteiger charge is -2.50. The van der Waals surface area contributed by atoms with Crippen LogP contribution in [0.5, 0.6) is 11.5 Å². The Labute approximate surface area is 618 Å². The van der Waals surface area contributed by atoms with Crippen molar-refractivity contribution in [2.75, 3.05) is 47.8 Å². The maximum Gasteiger partial charge on any atom is 0.305 e. The Morgan fingerprint density at radius 1 is 0.368 bits per heavy atom. The largest absolute Gasteiger partial charge is 0.497 e. The lowest BCUT2D eigenvalue weighted by Crippen LogP contribution is -2.69. The van der Waals surface area contributed by atoms with E-state index in [1.165, 1.54) is 7.11 Å². The molecule has 8 aromatic carbocycles. The Morgan fingerprint density at radius 3 is 1.26 bits per heavy atom. The summed E-state index contributed by atoms with van der Waals surface area (Å²) in [6, 6.07) is 68.0. The Hall–Kier alpha value is -8.63. The molecule has 4 aliphatic heterocycles. The molecule has 106 heavy (non-hydrogen) atoms. The predicted octanol–water partition coefficient (Wildman–Crippen LogP) is 11.1. The highest BCUT2D eigenvalue weighted by atomic mass is 16.8. The molecular formula is C84H93NO21. The zero-order chi connectivity index (χ0) is 73.4. The molecule has 8 aromatic rings. The van der Waals surface area contributed by atoms with Crippen molar-refractivity contribution in [2.45, 2.75) is 164 Å². The Bertz CT molecular complexity index is 3910. The summed E-state index contributed by atoms with van der Waals surface area (Å²) < 4.78 is 106. The van der Waals surface area contributed by atoms with E-state index in [9.17, 15) is 15.0 Å². The number of hydrogen-bond donors (Lipinski definition) is 2. The third-order valence-electron chi connectivity index (χ3n) is 19.1. The van der Waals surface area contributed by atoms with E-state index in [0.717, 1.165) is 38.3 Å². The maximum absolute atomic E-state index is 15.1. The monoisotopic (exact) mass is 1450 g/mol. The molecule has 0 radical (unpaired) electrons. The van der Waals surface area contributed by atoms with Gasteiger partial charge in [-0.25, -0.2) is 0 Å². The highest BCUT2D eigenvalue weighted by molar-refractivity contribution is 6.21. The van der Waals surface area contributed by atoms with Crippen LogP contribution in [0.4, 0.5) is 0 Å². The first-order valence-electron chi connectivity index (χ1n) is 36.0. The first-order valence-corrected chi connectivity index (χ1v) is 36.0. The van der Waals surface area contributed by atoms with Gasteiger partial charge in [0.2, 0.25) is 0 Å². The molecule has 22 nitrogen and oxygen atoms in total. The van der Waals surface area contributed by atoms with Crippen LogP contribution < -0.4 is 9.47 Å². The molecule has 560 valence electrons. The third kappa shape index (κ3) is 20.5. The average molecular weight is 1450 g/mol. The quantitative estimate of drug-likeness (QED) is 0.0208. The van der Waals surface area contributed by atoms with Crippen molar-refractivity contribution in [1.29, 1.82) is 0 Å². The summed E-state index contributed by atoms with van der Waals surface area (Å²) in [5.74, 6) is -0.361. The van der Waals surface area contributed by atoms with E-state index in [1.807, 2.05) is 176 Å². The van der Waals surface area contributed by atoms with E-state index in [0.29, 0.717) is 36.3 Å². The van der Waals surface area contributed by atoms with Crippen LogP contribution in [0.2, 0.25) is 0 Å². The number of imide groups is 1. The second-order valence-corrected chi connectivity index (χ2v) is 26.4. The minimum absolute atomic E-state index is 0.0172. The van der Waals surface area contributed by atoms with E-state index in [4.69, 9.17) is 75.8 Å². The van der Waals surface area contributed by atoms with Gasteiger partial charge in [-0.2, -0.15) is 0 Å². The topological polar surface area (TPSA) is 243 Å². The number of aliphatic hydroxyl groups excluding tert-OH is 2. The Kier molecular flexibility index (Phi) is 28.5. The molecule has 15 atom stereocenters. The number of aliphatic hydroxyl groups is 2. The van der Waals surface area contributed by atoms with Crippen LogP contribution in [0.25, 0.3) is 0 Å². The number of ether oxygens (including phenoxy) is 16. The molecule has 22 heteroatoms. The molecule has 3 fully saturated rings. The van der Waals surface area contributed by atoms with Crippen LogP contribution >= 0.6 is 0 Å². The number of unbranched alkanes of at least 4 members (excludes halogenated alkanes) is 2. The predicted molar refractivity (Wildman–Crippen MR) is 386 cm³/mol. The van der Waals surface area contributed by atoms with Gasteiger partial charge in [-0.05, 0) is 88.2 Å². The second kappa shape index (κ2) is 39.3. The van der Waals surface area contributed by atoms with E-state index >= 15 is 9.59 Å². The van der Waals surface area contributed by atoms with Gasteiger partial charge in [0.05, 0.1) is 98.5 Å². The number of fused-ring (bicyclic) bond motifs is 1. The van der Waals surface area contributed by atoms with Gasteiger partial charge in [0.25, 0.3) is 11.8 Å². The lowest BCUT2D eigenvalue weighted by atomic mass is 9.93. The summed E-state index contributed by atoms with van der Waals surface area (Å²) in [7, 11) is 4.49. The summed E-state index contributed by atoms with van der Waals surface area (Å²) in [6.07, 6.45) is -16.5. The van der Waals surface area contributed by atoms with Gasteiger partial charge in [-0.3, -0.25) is 19.3 Å². The van der Waals surface area contributed by atoms with E-state index in [2.05, 4.69) is 0 Å². The van der Waals surface area contributed by atoms with Crippen LogP contribution in [0.3, 0.4) is 0 Å². The molecule has 4 aliphatic rings. The fraction of sp³-hybridized carbons (Fsp3) is 0.393. The van der Waals surface area contributed by atoms with E-state index < -0.39 is 110 Å². The summed E-state index contributed by atoms with van der Waals surface area (Å²) in [5.41, 5.74) is 6.11. The van der Waals surface area contributed by atoms with Gasteiger partial charge in [-0.1, -0.05) is 194 Å². The van der Waals surface area contributed by atoms with Gasteiger partial charge >= 0.3 is 5.97 Å². The second-order valence-electron chi connectivity index (χ2n) is 26.4. The van der Waals surface area contributed by atoms with Crippen molar-refractivity contribution in [3.05, 3.63) is 275 Å². The smallest absolute Gasteiger partial charge is 0.305 e. The lowest BCUT2D eigenvalue weighted by molar-refractivity contribution is -0.368. The molecule has 12 rings (SSSR count). The normalized spacial score (nSPS) is 25.1. The molecule has 0 bridgehead atoms. The number of carbonyl (C=O) groups excluding carboxylic acids is 3. The number of amides is 2. The first kappa shape index (κ1) is 77.0. The Balaban J connectivity index is 0.914. The SMILES string of the molecule is COC(=O)CCCCCO[C@@H]1O[C@H](COCc2ccc(OC)cc2)[C@@H](O[C@@H]2O[C@H](CO[C@@H]3O[C@H](COCc4ccccc4)[C@H](OCc4ccccc4)[C@H](OCc4ccccc4)[C@H]3OCc3ccccc3)[C@H](O)[C@H](OCc3ccc(OC)cc3)[C@H]2O)[C@H](OCc2ccccc2)[C@H]1N1C(=O)c2ccccc2C1=O. The van der Waals surface area contributed by atoms with Crippen molar-refractivity contribution in [3.8, 4) is 11.5 Å². The molecule has 0 aromatic heterocycles. The molecule has 0 saturated carbocycles. The molecule has 2 N–H and O–H groups in total. The zero-order valence-corrected chi connectivity index (χ0v) is 59.7. The summed E-state index contributed by atoms with van der Waals surface area (Å²) in [4.78, 5) is 43.4. The fourth-order valence-electron chi connectivity index (χ4n) is 13.4. The van der Waals surface area contributed by atoms with Crippen LogP contribution in [-0.2, 0) is 117 Å². The van der Waals surface area contributed by atoms with Crippen molar-refractivity contribution in [1.82, 2.24) is 4.90 Å². The molecule has 2 amide bonds. The number of hydrogen-bond acceptors (Lipinski definition) is 21. The van der Waals surface area contributed by atoms with Crippen LogP contribution in [-0.4, -0.2) is 173 Å². The summed E-state index contributed by atoms with van der Waals surface area (Å²) in [6.45, 7) is -0.0216. The standard InChI is InChI=1S/C84H93NO21/c1-91-63-41-37-61(38-42-63)47-95-54-69-75(76(98-49-58-28-14-6-15-29-58)71(82(104-69)96-45-23-9-20-36-70(86)93-3)85-80(89)65-34-21-22-35-66(65)81(85)90)106-83-73(88)77(99-52-62-39-43-64(92-2)44-40-62)72(87)67(103-83)55-102-84-79(101-51-60-32-18-8-19-33-60)78(100-50-59-30-16-7-17-31-59)74(97-48-57-26-12-5-13-27-57)68(105-84)53-94-46-56-24-10-4-11-25-56/h4-8,10-19,21-22,24-35,37-44,67-69,71-79,82-84,87-88H,9,20,23,36,45-55H2,1-3H3/t67-,68-,69-,71-,72+,73-,74+,75-,76-,77+,78+,79-,82-,83+,84-/m1/s1. The molecular weight excluding hydrogens is 1360 g/mol. The van der Waals surface area contributed by atoms with Crippen molar-refractivity contribution in [3.63, 3.8) is 0 Å². The van der Waals surface area contributed by atoms with Gasteiger partial charge in [-0.15, -0.1) is 0 Å². The maximum atomic E-state index is 15.1. The van der Waals surface area contributed by atoms with E-state index in [1.54, 1.807) is 62.8 Å². The minimum atomic E-state index is -1.78. The number of rotatable bonds is 38. The highest BCUT2D eigenvalue weighted by Gasteiger charge is 2.58. The molecule has 4 heterocycles. The molecule has 0 spiro atoms. The first-order chi connectivity index (χ1) is 52.0. The van der Waals surface area contributed by atoms with Crippen LogP contribution in [0, 0.1) is 0 Å². The minimum Gasteiger partial charge on any atom is -0.497 e. The van der Waals surface area contributed by atoms with Gasteiger partial charge < -0.3 is 86.0 Å². The molecule has 0 aliphatic carbocycles. The van der Waals surface area contributed by atoms with Gasteiger partial charge in [0, 0.05) is 13.0 Å². The zero-order valence-electron chi connectivity index (χ0n) is 59.7. The molecule has 3 saturated heterocycles. The molecule has 0 unspecified atom stereocenters. The number of benzene rings is 8. The number of carbonyl (C=O) groups is 3. The van der Waals surface area contributed by atoms with Crippen LogP contribution in [0.15, 0.2) is 224 Å². The van der Waals surface area contributed by atoms with Gasteiger partial charge in [0.15, 0.2) is 18.9 Å². The number of esters is 1.